The third kappa shape index (κ3) is 4.39. The van der Waals surface area contributed by atoms with E-state index in [1.165, 1.54) is 4.90 Å². The molecule has 0 bridgehead atoms. The van der Waals surface area contributed by atoms with Crippen LogP contribution < -0.4 is 5.32 Å². The monoisotopic (exact) mass is 358 g/mol. The molecule has 1 aliphatic rings. The number of aryl methyl sites for hydroxylation is 1. The topological polar surface area (TPSA) is 108 Å². The zero-order chi connectivity index (χ0) is 17.9. The summed E-state index contributed by atoms with van der Waals surface area (Å²) in [6.07, 6.45) is -0.343. The first-order valence-electron chi connectivity index (χ1n) is 8.00. The van der Waals surface area contributed by atoms with Crippen molar-refractivity contribution in [2.45, 2.75) is 51.9 Å². The molecule has 0 aromatic carbocycles. The minimum Gasteiger partial charge on any atom is -0.465 e. The fourth-order valence-electron chi connectivity index (χ4n) is 2.71. The van der Waals surface area contributed by atoms with Gasteiger partial charge in [0.15, 0.2) is 11.0 Å². The number of hydrogen-bond acceptors (Lipinski definition) is 4. The van der Waals surface area contributed by atoms with E-state index in [2.05, 4.69) is 15.3 Å². The molecule has 1 fully saturated rings. The second-order valence-electron chi connectivity index (χ2n) is 6.03. The molecule has 3 N–H and O–H groups in total. The molecule has 8 nitrogen and oxygen atoms in total. The summed E-state index contributed by atoms with van der Waals surface area (Å²) in [4.78, 5) is 31.8. The lowest BCUT2D eigenvalue weighted by Gasteiger charge is -2.38. The van der Waals surface area contributed by atoms with Crippen LogP contribution in [-0.4, -0.2) is 63.3 Å². The van der Waals surface area contributed by atoms with Gasteiger partial charge in [-0.3, -0.25) is 4.79 Å². The number of halogens is 1. The average molecular weight is 359 g/mol. The van der Waals surface area contributed by atoms with Gasteiger partial charge in [-0.15, -0.1) is 0 Å². The fourth-order valence-corrected chi connectivity index (χ4v) is 2.97. The van der Waals surface area contributed by atoms with Crippen LogP contribution in [0.25, 0.3) is 0 Å². The fraction of sp³-hybridized carbons (Fsp3) is 0.667. The van der Waals surface area contributed by atoms with Crippen LogP contribution in [-0.2, 0) is 11.2 Å². The van der Waals surface area contributed by atoms with Crippen LogP contribution in [0.3, 0.4) is 0 Å². The van der Waals surface area contributed by atoms with Crippen molar-refractivity contribution in [2.24, 2.45) is 0 Å². The van der Waals surface area contributed by atoms with Crippen molar-refractivity contribution in [1.29, 1.82) is 0 Å². The molecule has 1 saturated heterocycles. The third-order valence-electron chi connectivity index (χ3n) is 3.89. The summed E-state index contributed by atoms with van der Waals surface area (Å²) in [7, 11) is 0. The molecule has 0 spiro atoms. The van der Waals surface area contributed by atoms with Gasteiger partial charge in [0.2, 0.25) is 0 Å². The highest BCUT2D eigenvalue weighted by atomic mass is 35.5. The Morgan fingerprint density at radius 2 is 2.25 bits per heavy atom. The minimum atomic E-state index is -0.984. The van der Waals surface area contributed by atoms with E-state index < -0.39 is 12.2 Å². The number of aromatic nitrogens is 2. The van der Waals surface area contributed by atoms with Gasteiger partial charge in [0.25, 0.3) is 5.91 Å². The molecule has 1 aromatic heterocycles. The highest BCUT2D eigenvalue weighted by Crippen LogP contribution is 2.18. The van der Waals surface area contributed by atoms with Gasteiger partial charge < -0.3 is 25.0 Å². The SMILES string of the molecule is CCc1[nH]c(C(=O)N[C@H]2CCN(C(=O)O)C[C@H]2OC(C)C)nc1Cl. The number of likely N-dealkylation sites (tertiary alicyclic amines) is 1. The van der Waals surface area contributed by atoms with Crippen molar-refractivity contribution < 1.29 is 19.4 Å². The molecular formula is C15H23ClN4O4. The maximum atomic E-state index is 12.4. The number of carbonyl (C=O) groups is 2. The highest BCUT2D eigenvalue weighted by Gasteiger charge is 2.34. The highest BCUT2D eigenvalue weighted by molar-refractivity contribution is 6.30. The normalized spacial score (nSPS) is 21.1. The second kappa shape index (κ2) is 7.85. The van der Waals surface area contributed by atoms with Crippen molar-refractivity contribution in [3.63, 3.8) is 0 Å². The van der Waals surface area contributed by atoms with Crippen LogP contribution in [0.15, 0.2) is 0 Å². The number of H-pyrrole nitrogens is 1. The van der Waals surface area contributed by atoms with Gasteiger partial charge in [0, 0.05) is 6.54 Å². The quantitative estimate of drug-likeness (QED) is 0.745. The second-order valence-corrected chi connectivity index (χ2v) is 6.39. The zero-order valence-electron chi connectivity index (χ0n) is 14.0. The third-order valence-corrected chi connectivity index (χ3v) is 4.20. The lowest BCUT2D eigenvalue weighted by atomic mass is 10.0. The summed E-state index contributed by atoms with van der Waals surface area (Å²) < 4.78 is 5.79. The number of rotatable bonds is 5. The Labute approximate surface area is 145 Å². The van der Waals surface area contributed by atoms with Crippen molar-refractivity contribution in [1.82, 2.24) is 20.2 Å². The van der Waals surface area contributed by atoms with Gasteiger partial charge in [-0.2, -0.15) is 0 Å². The number of aromatic amines is 1. The number of hydrogen-bond donors (Lipinski definition) is 3. The van der Waals surface area contributed by atoms with Gasteiger partial charge in [0.05, 0.1) is 30.5 Å². The maximum absolute atomic E-state index is 12.4. The van der Waals surface area contributed by atoms with Gasteiger partial charge >= 0.3 is 6.09 Å². The molecule has 134 valence electrons. The van der Waals surface area contributed by atoms with E-state index >= 15 is 0 Å². The van der Waals surface area contributed by atoms with Crippen LogP contribution in [0.4, 0.5) is 4.79 Å². The number of nitrogens with zero attached hydrogens (tertiary/aromatic N) is 2. The molecule has 2 atom stereocenters. The van der Waals surface area contributed by atoms with Gasteiger partial charge in [-0.05, 0) is 26.7 Å². The molecule has 9 heteroatoms. The molecule has 2 amide bonds. The molecule has 2 rings (SSSR count). The Morgan fingerprint density at radius 3 is 2.79 bits per heavy atom. The predicted octanol–water partition coefficient (Wildman–Crippen LogP) is 1.90. The Balaban J connectivity index is 2.07. The summed E-state index contributed by atoms with van der Waals surface area (Å²) in [5, 5.41) is 12.3. The maximum Gasteiger partial charge on any atom is 0.407 e. The largest absolute Gasteiger partial charge is 0.465 e. The van der Waals surface area contributed by atoms with Crippen LogP contribution >= 0.6 is 11.6 Å². The van der Waals surface area contributed by atoms with E-state index in [4.69, 9.17) is 21.4 Å². The van der Waals surface area contributed by atoms with E-state index in [9.17, 15) is 9.59 Å². The molecule has 1 aromatic rings. The number of piperidine rings is 1. The van der Waals surface area contributed by atoms with Gasteiger partial charge in [0.1, 0.15) is 0 Å². The lowest BCUT2D eigenvalue weighted by Crippen LogP contribution is -2.56. The first-order valence-corrected chi connectivity index (χ1v) is 8.38. The van der Waals surface area contributed by atoms with E-state index in [1.807, 2.05) is 20.8 Å². The molecule has 0 unspecified atom stereocenters. The number of ether oxygens (including phenoxy) is 1. The molecule has 0 radical (unpaired) electrons. The molecule has 24 heavy (non-hydrogen) atoms. The molecule has 0 aliphatic carbocycles. The zero-order valence-corrected chi connectivity index (χ0v) is 14.8. The number of carboxylic acid groups (broad SMARTS) is 1. The number of amides is 2. The Bertz CT molecular complexity index is 604. The Morgan fingerprint density at radius 1 is 1.54 bits per heavy atom. The number of carbonyl (C=O) groups excluding carboxylic acids is 1. The van der Waals surface area contributed by atoms with E-state index in [-0.39, 0.29) is 30.4 Å². The first-order chi connectivity index (χ1) is 11.3. The summed E-state index contributed by atoms with van der Waals surface area (Å²) in [6.45, 7) is 6.22. The smallest absolute Gasteiger partial charge is 0.407 e. The summed E-state index contributed by atoms with van der Waals surface area (Å²) in [5.41, 5.74) is 0.706. The summed E-state index contributed by atoms with van der Waals surface area (Å²) >= 11 is 5.96. The molecular weight excluding hydrogens is 336 g/mol. The summed E-state index contributed by atoms with van der Waals surface area (Å²) in [6, 6.07) is -0.288. The van der Waals surface area contributed by atoms with Gasteiger partial charge in [-0.1, -0.05) is 18.5 Å². The molecule has 0 saturated carbocycles. The number of nitrogens with one attached hydrogen (secondary N) is 2. The molecule has 1 aliphatic heterocycles. The van der Waals surface area contributed by atoms with Gasteiger partial charge in [-0.25, -0.2) is 9.78 Å². The standard InChI is InChI=1S/C15H23ClN4O4/c1-4-9-12(16)19-13(17-9)14(21)18-10-5-6-20(15(22)23)7-11(10)24-8(2)3/h8,10-11H,4-7H2,1-3H3,(H,17,19)(H,18,21)(H,22,23)/t10-,11+/m0/s1. The van der Waals surface area contributed by atoms with Crippen molar-refractivity contribution in [2.75, 3.05) is 13.1 Å². The molecule has 2 heterocycles. The summed E-state index contributed by atoms with van der Waals surface area (Å²) in [5.74, 6) is -0.219. The average Bonchev–Trinajstić information content (AvgIpc) is 2.89. The van der Waals surface area contributed by atoms with E-state index in [0.29, 0.717) is 30.2 Å². The first kappa shape index (κ1) is 18.5. The van der Waals surface area contributed by atoms with Crippen LogP contribution in [0.2, 0.25) is 5.15 Å². The van der Waals surface area contributed by atoms with Crippen molar-refractivity contribution >= 4 is 23.6 Å². The van der Waals surface area contributed by atoms with Crippen LogP contribution in [0.1, 0.15) is 43.5 Å². The minimum absolute atomic E-state index is 0.0760. The van der Waals surface area contributed by atoms with Crippen LogP contribution in [0, 0.1) is 0 Å². The van der Waals surface area contributed by atoms with E-state index in [1.54, 1.807) is 0 Å². The predicted molar refractivity (Wildman–Crippen MR) is 88.5 cm³/mol. The number of imidazole rings is 1. The van der Waals surface area contributed by atoms with E-state index in [0.717, 1.165) is 0 Å². The van der Waals surface area contributed by atoms with Crippen LogP contribution in [0.5, 0.6) is 0 Å². The van der Waals surface area contributed by atoms with Crippen molar-refractivity contribution in [3.8, 4) is 0 Å². The Hall–Kier alpha value is -1.80. The lowest BCUT2D eigenvalue weighted by molar-refractivity contribution is -0.0457. The van der Waals surface area contributed by atoms with Crippen molar-refractivity contribution in [3.05, 3.63) is 16.7 Å². The Kier molecular flexibility index (Phi) is 6.06.